The fourth-order valence-electron chi connectivity index (χ4n) is 2.57. The number of anilines is 2. The van der Waals surface area contributed by atoms with E-state index in [4.69, 9.17) is 27.9 Å². The summed E-state index contributed by atoms with van der Waals surface area (Å²) in [5, 5.41) is 3.48. The van der Waals surface area contributed by atoms with Gasteiger partial charge in [-0.05, 0) is 48.9 Å². The normalized spacial score (nSPS) is 15.7. The molecule has 2 aromatic rings. The molecule has 3 rings (SSSR count). The van der Waals surface area contributed by atoms with E-state index in [0.717, 1.165) is 0 Å². The molecular weight excluding hydrogens is 399 g/mol. The minimum atomic E-state index is -3.22. The maximum atomic E-state index is 12.0. The van der Waals surface area contributed by atoms with Crippen LogP contribution in [0, 0.1) is 0 Å². The molecule has 1 aliphatic rings. The van der Waals surface area contributed by atoms with Crippen molar-refractivity contribution in [2.24, 2.45) is 0 Å². The van der Waals surface area contributed by atoms with Crippen molar-refractivity contribution in [3.8, 4) is 5.75 Å². The van der Waals surface area contributed by atoms with Gasteiger partial charge in [0, 0.05) is 17.3 Å². The second-order valence-corrected chi connectivity index (χ2v) is 8.56. The second-order valence-electron chi connectivity index (χ2n) is 5.70. The van der Waals surface area contributed by atoms with Gasteiger partial charge >= 0.3 is 0 Å². The minimum absolute atomic E-state index is 0.163. The molecule has 1 fully saturated rings. The summed E-state index contributed by atoms with van der Waals surface area (Å²) in [5.74, 6) is 0.161. The van der Waals surface area contributed by atoms with Crippen LogP contribution in [0.15, 0.2) is 42.5 Å². The first-order valence-corrected chi connectivity index (χ1v) is 10.2. The first-order valence-electron chi connectivity index (χ1n) is 7.83. The van der Waals surface area contributed by atoms with Crippen molar-refractivity contribution in [2.75, 3.05) is 28.5 Å². The third-order valence-corrected chi connectivity index (χ3v) is 6.19. The Balaban J connectivity index is 1.58. The highest BCUT2D eigenvalue weighted by Gasteiger charge is 2.28. The van der Waals surface area contributed by atoms with Crippen LogP contribution in [0.2, 0.25) is 10.0 Å². The smallest absolute Gasteiger partial charge is 0.262 e. The van der Waals surface area contributed by atoms with Crippen LogP contribution in [0.25, 0.3) is 0 Å². The van der Waals surface area contributed by atoms with Crippen molar-refractivity contribution in [1.82, 2.24) is 0 Å². The van der Waals surface area contributed by atoms with E-state index in [9.17, 15) is 13.2 Å². The lowest BCUT2D eigenvalue weighted by atomic mass is 10.2. The fraction of sp³-hybridized carbons (Fsp3) is 0.235. The van der Waals surface area contributed by atoms with Crippen molar-refractivity contribution in [3.05, 3.63) is 52.5 Å². The number of halogens is 2. The highest BCUT2D eigenvalue weighted by Crippen LogP contribution is 2.28. The molecule has 6 nitrogen and oxygen atoms in total. The van der Waals surface area contributed by atoms with Crippen molar-refractivity contribution in [2.45, 2.75) is 6.42 Å². The maximum Gasteiger partial charge on any atom is 0.262 e. The Hall–Kier alpha value is -1.96. The number of carbonyl (C=O) groups excluding carboxylic acids is 1. The summed E-state index contributed by atoms with van der Waals surface area (Å²) >= 11 is 11.8. The minimum Gasteiger partial charge on any atom is -0.482 e. The van der Waals surface area contributed by atoms with E-state index < -0.39 is 10.0 Å². The van der Waals surface area contributed by atoms with Crippen LogP contribution in [0.1, 0.15) is 6.42 Å². The van der Waals surface area contributed by atoms with E-state index >= 15 is 0 Å². The predicted molar refractivity (Wildman–Crippen MR) is 103 cm³/mol. The summed E-state index contributed by atoms with van der Waals surface area (Å²) in [6, 6.07) is 11.4. The molecule has 1 heterocycles. The molecule has 1 N–H and O–H groups in total. The number of nitrogens with zero attached hydrogens (tertiary/aromatic N) is 1. The lowest BCUT2D eigenvalue weighted by Crippen LogP contribution is -2.25. The zero-order valence-corrected chi connectivity index (χ0v) is 15.9. The van der Waals surface area contributed by atoms with Crippen molar-refractivity contribution >= 4 is 50.5 Å². The molecule has 0 radical (unpaired) electrons. The topological polar surface area (TPSA) is 75.7 Å². The number of hydrogen-bond acceptors (Lipinski definition) is 4. The Bertz CT molecular complexity index is 917. The molecule has 0 spiro atoms. The monoisotopic (exact) mass is 414 g/mol. The summed E-state index contributed by atoms with van der Waals surface area (Å²) in [4.78, 5) is 12.0. The van der Waals surface area contributed by atoms with E-state index in [1.807, 2.05) is 0 Å². The van der Waals surface area contributed by atoms with Crippen LogP contribution >= 0.6 is 23.2 Å². The Morgan fingerprint density at radius 1 is 1.15 bits per heavy atom. The van der Waals surface area contributed by atoms with Gasteiger partial charge in [-0.15, -0.1) is 0 Å². The molecule has 1 aliphatic heterocycles. The Morgan fingerprint density at radius 2 is 1.88 bits per heavy atom. The largest absolute Gasteiger partial charge is 0.482 e. The molecule has 9 heteroatoms. The van der Waals surface area contributed by atoms with E-state index in [0.29, 0.717) is 40.1 Å². The van der Waals surface area contributed by atoms with E-state index in [2.05, 4.69) is 5.32 Å². The van der Waals surface area contributed by atoms with Crippen LogP contribution in [0.3, 0.4) is 0 Å². The number of nitrogens with one attached hydrogen (secondary N) is 1. The van der Waals surface area contributed by atoms with Gasteiger partial charge in [0.05, 0.1) is 16.5 Å². The van der Waals surface area contributed by atoms with Gasteiger partial charge in [-0.3, -0.25) is 9.10 Å². The highest BCUT2D eigenvalue weighted by molar-refractivity contribution is 7.93. The molecule has 1 amide bonds. The number of carbonyl (C=O) groups is 1. The summed E-state index contributed by atoms with van der Waals surface area (Å²) in [7, 11) is -3.22. The number of hydrogen-bond donors (Lipinski definition) is 1. The van der Waals surface area contributed by atoms with Crippen molar-refractivity contribution in [1.29, 1.82) is 0 Å². The molecule has 0 aromatic heterocycles. The second kappa shape index (κ2) is 7.73. The van der Waals surface area contributed by atoms with Gasteiger partial charge in [-0.25, -0.2) is 8.42 Å². The first kappa shape index (κ1) is 18.8. The fourth-order valence-corrected chi connectivity index (χ4v) is 4.60. The molecule has 0 unspecified atom stereocenters. The van der Waals surface area contributed by atoms with Crippen LogP contribution in [0.5, 0.6) is 5.75 Å². The quantitative estimate of drug-likeness (QED) is 0.811. The number of ether oxygens (including phenoxy) is 1. The number of amides is 1. The standard InChI is InChI=1S/C17H16Cl2N2O4S/c18-12-2-7-16(15(19)10-12)25-11-17(22)20-13-3-5-14(6-4-13)21-8-1-9-26(21,23)24/h2-7,10H,1,8-9,11H2,(H,20,22). The zero-order valence-electron chi connectivity index (χ0n) is 13.6. The van der Waals surface area contributed by atoms with E-state index in [1.165, 1.54) is 10.4 Å². The lowest BCUT2D eigenvalue weighted by molar-refractivity contribution is -0.118. The molecule has 0 saturated carbocycles. The Morgan fingerprint density at radius 3 is 2.50 bits per heavy atom. The van der Waals surface area contributed by atoms with E-state index in [-0.39, 0.29) is 18.3 Å². The lowest BCUT2D eigenvalue weighted by Gasteiger charge is -2.17. The summed E-state index contributed by atoms with van der Waals surface area (Å²) in [5.41, 5.74) is 1.13. The predicted octanol–water partition coefficient (Wildman–Crippen LogP) is 3.55. The average molecular weight is 415 g/mol. The Kier molecular flexibility index (Phi) is 5.60. The molecule has 0 atom stereocenters. The summed E-state index contributed by atoms with van der Waals surface area (Å²) in [6.45, 7) is 0.257. The highest BCUT2D eigenvalue weighted by atomic mass is 35.5. The third kappa shape index (κ3) is 4.41. The van der Waals surface area contributed by atoms with Gasteiger partial charge in [0.25, 0.3) is 5.91 Å². The third-order valence-electron chi connectivity index (χ3n) is 3.79. The average Bonchev–Trinajstić information content (AvgIpc) is 2.94. The molecular formula is C17H16Cl2N2O4S. The van der Waals surface area contributed by atoms with Gasteiger partial charge in [0.15, 0.2) is 6.61 Å². The van der Waals surface area contributed by atoms with Gasteiger partial charge in [-0.1, -0.05) is 23.2 Å². The molecule has 0 aliphatic carbocycles. The van der Waals surface area contributed by atoms with Crippen LogP contribution < -0.4 is 14.4 Å². The number of sulfonamides is 1. The summed E-state index contributed by atoms with van der Waals surface area (Å²) in [6.07, 6.45) is 0.616. The molecule has 2 aromatic carbocycles. The van der Waals surface area contributed by atoms with Gasteiger partial charge in [0.1, 0.15) is 5.75 Å². The van der Waals surface area contributed by atoms with Crippen LogP contribution in [0.4, 0.5) is 11.4 Å². The number of benzene rings is 2. The van der Waals surface area contributed by atoms with Gasteiger partial charge < -0.3 is 10.1 Å². The van der Waals surface area contributed by atoms with Gasteiger partial charge in [-0.2, -0.15) is 0 Å². The zero-order chi connectivity index (χ0) is 18.7. The number of rotatable bonds is 5. The first-order chi connectivity index (χ1) is 12.3. The molecule has 1 saturated heterocycles. The maximum absolute atomic E-state index is 12.0. The van der Waals surface area contributed by atoms with Gasteiger partial charge in [0.2, 0.25) is 10.0 Å². The van der Waals surface area contributed by atoms with Crippen LogP contribution in [-0.2, 0) is 14.8 Å². The van der Waals surface area contributed by atoms with E-state index in [1.54, 1.807) is 36.4 Å². The summed E-state index contributed by atoms with van der Waals surface area (Å²) < 4.78 is 30.6. The Labute approximate surface area is 161 Å². The molecule has 138 valence electrons. The molecule has 0 bridgehead atoms. The van der Waals surface area contributed by atoms with Crippen LogP contribution in [-0.4, -0.2) is 33.2 Å². The molecule has 26 heavy (non-hydrogen) atoms. The van der Waals surface area contributed by atoms with Crippen molar-refractivity contribution < 1.29 is 17.9 Å². The SMILES string of the molecule is O=C(COc1ccc(Cl)cc1Cl)Nc1ccc(N2CCCS2(=O)=O)cc1. The van der Waals surface area contributed by atoms with Crippen molar-refractivity contribution in [3.63, 3.8) is 0 Å².